The molecule has 2 amide bonds. The van der Waals surface area contributed by atoms with Crippen LogP contribution >= 0.6 is 23.2 Å². The monoisotopic (exact) mass is 515 g/mol. The normalized spacial score (nSPS) is 21.5. The number of aliphatic hydroxyl groups excluding tert-OH is 2. The van der Waals surface area contributed by atoms with Crippen LogP contribution in [-0.4, -0.2) is 66.8 Å². The Morgan fingerprint density at radius 2 is 2.00 bits per heavy atom. The average Bonchev–Trinajstić information content (AvgIpc) is 3.35. The van der Waals surface area contributed by atoms with E-state index in [0.29, 0.717) is 33.2 Å². The third kappa shape index (κ3) is 5.26. The van der Waals surface area contributed by atoms with Crippen LogP contribution < -0.4 is 5.73 Å². The van der Waals surface area contributed by atoms with Gasteiger partial charge in [0.05, 0.1) is 24.1 Å². The van der Waals surface area contributed by atoms with E-state index in [9.17, 15) is 19.8 Å². The van der Waals surface area contributed by atoms with Crippen molar-refractivity contribution in [2.75, 3.05) is 13.1 Å². The van der Waals surface area contributed by atoms with Crippen LogP contribution in [0.2, 0.25) is 10.2 Å². The van der Waals surface area contributed by atoms with E-state index in [4.69, 9.17) is 28.9 Å². The number of hydrogen-bond donors (Lipinski definition) is 3. The molecular formula is C24H23Cl2N5O4. The molecule has 0 unspecified atom stereocenters. The molecular weight excluding hydrogens is 493 g/mol. The van der Waals surface area contributed by atoms with Crippen molar-refractivity contribution < 1.29 is 19.8 Å². The summed E-state index contributed by atoms with van der Waals surface area (Å²) >= 11 is 12.2. The third-order valence-corrected chi connectivity index (χ3v) is 6.69. The summed E-state index contributed by atoms with van der Waals surface area (Å²) in [4.78, 5) is 33.4. The zero-order chi connectivity index (χ0) is 25.3. The molecule has 182 valence electrons. The molecule has 11 heteroatoms. The second-order valence-electron chi connectivity index (χ2n) is 8.46. The number of fused-ring (bicyclic) bond motifs is 1. The minimum atomic E-state index is -1.05. The van der Waals surface area contributed by atoms with E-state index < -0.39 is 24.2 Å². The first-order chi connectivity index (χ1) is 16.7. The summed E-state index contributed by atoms with van der Waals surface area (Å²) in [5.41, 5.74) is 6.60. The molecule has 1 aliphatic rings. The lowest BCUT2D eigenvalue weighted by atomic mass is 10.0. The lowest BCUT2D eigenvalue weighted by Crippen LogP contribution is -2.38. The van der Waals surface area contributed by atoms with Gasteiger partial charge in [0.1, 0.15) is 23.2 Å². The van der Waals surface area contributed by atoms with Crippen LogP contribution in [0.15, 0.2) is 36.8 Å². The van der Waals surface area contributed by atoms with Gasteiger partial charge in [-0.1, -0.05) is 35.0 Å². The van der Waals surface area contributed by atoms with Crippen molar-refractivity contribution >= 4 is 46.0 Å². The number of halogens is 2. The van der Waals surface area contributed by atoms with Gasteiger partial charge in [0, 0.05) is 41.7 Å². The Bertz CT molecular complexity index is 1350. The molecule has 35 heavy (non-hydrogen) atoms. The molecule has 4 atom stereocenters. The molecule has 4 rings (SSSR count). The maximum Gasteiger partial charge on any atom is 0.248 e. The fourth-order valence-corrected chi connectivity index (χ4v) is 4.82. The van der Waals surface area contributed by atoms with E-state index in [1.165, 1.54) is 30.3 Å². The summed E-state index contributed by atoms with van der Waals surface area (Å²) in [5, 5.41) is 22.8. The van der Waals surface area contributed by atoms with Crippen molar-refractivity contribution in [2.45, 2.75) is 31.6 Å². The summed E-state index contributed by atoms with van der Waals surface area (Å²) in [6, 6.07) is 5.89. The number of carbonyl (C=O) groups excluding carboxylic acids is 2. The van der Waals surface area contributed by atoms with E-state index in [-0.39, 0.29) is 30.5 Å². The van der Waals surface area contributed by atoms with Crippen LogP contribution in [0, 0.1) is 17.8 Å². The number of amides is 2. The molecule has 1 aliphatic carbocycles. The van der Waals surface area contributed by atoms with E-state index in [0.717, 1.165) is 0 Å². The summed E-state index contributed by atoms with van der Waals surface area (Å²) in [6.07, 6.45) is 1.42. The van der Waals surface area contributed by atoms with Crippen molar-refractivity contribution in [3.8, 4) is 11.8 Å². The Labute approximate surface area is 211 Å². The highest BCUT2D eigenvalue weighted by Gasteiger charge is 2.43. The Morgan fingerprint density at radius 1 is 1.23 bits per heavy atom. The van der Waals surface area contributed by atoms with Crippen LogP contribution in [0.25, 0.3) is 11.0 Å². The van der Waals surface area contributed by atoms with Crippen LogP contribution in [0.3, 0.4) is 0 Å². The standard InChI is InChI=1S/C24H23Cl2N5O4/c1-13(32)30(5-2-3-14-7-15(23(27)35)9-17(25)8-14)11-16-10-19(21(34)20(16)33)31-6-4-18-22(26)28-12-29-24(18)31/h4,6-9,12,16,19-21,33-34H,5,10-11H2,1H3,(H2,27,35)/t16-,19-,20-,21+/m1/s1. The van der Waals surface area contributed by atoms with Crippen molar-refractivity contribution in [1.29, 1.82) is 0 Å². The van der Waals surface area contributed by atoms with E-state index in [1.807, 2.05) is 0 Å². The van der Waals surface area contributed by atoms with Crippen LogP contribution in [0.1, 0.15) is 35.3 Å². The number of aromatic nitrogens is 3. The zero-order valence-corrected chi connectivity index (χ0v) is 20.2. The molecule has 2 heterocycles. The lowest BCUT2D eigenvalue weighted by Gasteiger charge is -2.24. The minimum absolute atomic E-state index is 0.0903. The highest BCUT2D eigenvalue weighted by atomic mass is 35.5. The number of primary amides is 1. The molecule has 0 bridgehead atoms. The number of nitrogens with two attached hydrogens (primary N) is 1. The molecule has 0 saturated heterocycles. The molecule has 0 radical (unpaired) electrons. The predicted molar refractivity (Wildman–Crippen MR) is 131 cm³/mol. The van der Waals surface area contributed by atoms with Crippen molar-refractivity contribution in [3.63, 3.8) is 0 Å². The van der Waals surface area contributed by atoms with Gasteiger partial charge in [0.15, 0.2) is 0 Å². The molecule has 2 aromatic heterocycles. The van der Waals surface area contributed by atoms with Gasteiger partial charge in [0.25, 0.3) is 0 Å². The zero-order valence-electron chi connectivity index (χ0n) is 18.7. The van der Waals surface area contributed by atoms with Gasteiger partial charge >= 0.3 is 0 Å². The molecule has 1 saturated carbocycles. The Morgan fingerprint density at radius 3 is 2.71 bits per heavy atom. The third-order valence-electron chi connectivity index (χ3n) is 6.17. The SMILES string of the molecule is CC(=O)N(CC#Cc1cc(Cl)cc(C(N)=O)c1)C[C@H]1C[C@@H](n2ccc3c(Cl)ncnc32)[C@H](O)[C@@H]1O. The average molecular weight is 516 g/mol. The number of nitrogens with zero attached hydrogens (tertiary/aromatic N) is 4. The molecule has 0 aliphatic heterocycles. The van der Waals surface area contributed by atoms with Crippen LogP contribution in [0.4, 0.5) is 0 Å². The van der Waals surface area contributed by atoms with Crippen molar-refractivity contribution in [1.82, 2.24) is 19.4 Å². The van der Waals surface area contributed by atoms with Gasteiger partial charge in [0.2, 0.25) is 11.8 Å². The first-order valence-electron chi connectivity index (χ1n) is 10.8. The summed E-state index contributed by atoms with van der Waals surface area (Å²) < 4.78 is 1.78. The fourth-order valence-electron chi connectivity index (χ4n) is 4.39. The predicted octanol–water partition coefficient (Wildman–Crippen LogP) is 2.02. The number of benzene rings is 1. The van der Waals surface area contributed by atoms with Gasteiger partial charge < -0.3 is 25.4 Å². The van der Waals surface area contributed by atoms with E-state index in [1.54, 1.807) is 22.9 Å². The topological polar surface area (TPSA) is 135 Å². The fraction of sp³-hybridized carbons (Fsp3) is 0.333. The van der Waals surface area contributed by atoms with Crippen LogP contribution in [0.5, 0.6) is 0 Å². The van der Waals surface area contributed by atoms with Crippen LogP contribution in [-0.2, 0) is 4.79 Å². The number of carbonyl (C=O) groups is 2. The Hall–Kier alpha value is -3.16. The van der Waals surface area contributed by atoms with E-state index >= 15 is 0 Å². The highest BCUT2D eigenvalue weighted by molar-refractivity contribution is 6.33. The molecule has 1 fully saturated rings. The van der Waals surface area contributed by atoms with Crippen molar-refractivity contribution in [3.05, 3.63) is 58.1 Å². The quantitative estimate of drug-likeness (QED) is 0.351. The Kier molecular flexibility index (Phi) is 7.28. The summed E-state index contributed by atoms with van der Waals surface area (Å²) in [6.45, 7) is 1.71. The van der Waals surface area contributed by atoms with Gasteiger partial charge in [-0.15, -0.1) is 0 Å². The van der Waals surface area contributed by atoms with Gasteiger partial charge in [-0.2, -0.15) is 0 Å². The maximum atomic E-state index is 12.3. The van der Waals surface area contributed by atoms with Crippen molar-refractivity contribution in [2.24, 2.45) is 11.7 Å². The number of rotatable bonds is 5. The van der Waals surface area contributed by atoms with E-state index in [2.05, 4.69) is 21.8 Å². The largest absolute Gasteiger partial charge is 0.390 e. The molecule has 4 N–H and O–H groups in total. The second kappa shape index (κ2) is 10.2. The Balaban J connectivity index is 1.49. The molecule has 9 nitrogen and oxygen atoms in total. The smallest absolute Gasteiger partial charge is 0.248 e. The summed E-state index contributed by atoms with van der Waals surface area (Å²) in [7, 11) is 0. The van der Waals surface area contributed by atoms with Gasteiger partial charge in [-0.25, -0.2) is 9.97 Å². The lowest BCUT2D eigenvalue weighted by molar-refractivity contribution is -0.129. The molecule has 0 spiro atoms. The summed E-state index contributed by atoms with van der Waals surface area (Å²) in [5.74, 6) is 4.57. The first-order valence-corrected chi connectivity index (χ1v) is 11.6. The number of hydrogen-bond acceptors (Lipinski definition) is 6. The van der Waals surface area contributed by atoms with Gasteiger partial charge in [-0.3, -0.25) is 9.59 Å². The number of aliphatic hydroxyl groups is 2. The highest BCUT2D eigenvalue weighted by Crippen LogP contribution is 2.38. The first kappa shape index (κ1) is 24.9. The molecule has 1 aromatic carbocycles. The minimum Gasteiger partial charge on any atom is -0.390 e. The molecule has 3 aromatic rings. The van der Waals surface area contributed by atoms with Gasteiger partial charge in [-0.05, 0) is 30.7 Å². The maximum absolute atomic E-state index is 12.3. The second-order valence-corrected chi connectivity index (χ2v) is 9.26.